The van der Waals surface area contributed by atoms with Crippen LogP contribution in [0.25, 0.3) is 0 Å². The van der Waals surface area contributed by atoms with Crippen LogP contribution in [0.4, 0.5) is 5.69 Å². The largest absolute Gasteiger partial charge is 0.423 e. The van der Waals surface area contributed by atoms with Crippen molar-refractivity contribution in [2.24, 2.45) is 23.7 Å². The summed E-state index contributed by atoms with van der Waals surface area (Å²) in [5, 5.41) is 0. The van der Waals surface area contributed by atoms with Crippen LogP contribution in [-0.2, 0) is 9.59 Å². The van der Waals surface area contributed by atoms with Crippen LogP contribution in [0, 0.1) is 37.5 Å². The van der Waals surface area contributed by atoms with Crippen LogP contribution in [0.3, 0.4) is 0 Å². The van der Waals surface area contributed by atoms with E-state index in [1.807, 2.05) is 26.0 Å². The second kappa shape index (κ2) is 6.55. The van der Waals surface area contributed by atoms with Gasteiger partial charge in [-0.05, 0) is 80.3 Å². The van der Waals surface area contributed by atoms with Crippen LogP contribution in [0.2, 0.25) is 0 Å². The van der Waals surface area contributed by atoms with Gasteiger partial charge in [0, 0.05) is 0 Å². The molecule has 5 rings (SSSR count). The molecule has 0 aromatic heterocycles. The summed E-state index contributed by atoms with van der Waals surface area (Å²) in [7, 11) is 0. The standard InChI is InChI=1S/C24H23NO4/c1-13-5-3-8-19(14(13)2)29-24(28)17-6-4-7-18(12-17)25-22(26)20-15-9-10-16(11-15)21(20)23(25)27/h3-8,12,15-16,20-21H,9-11H2,1-2H3/t15-,16+,20-,21+. The first-order valence-electron chi connectivity index (χ1n) is 10.2. The zero-order valence-corrected chi connectivity index (χ0v) is 16.6. The molecular formula is C24H23NO4. The molecule has 2 aromatic rings. The first-order valence-corrected chi connectivity index (χ1v) is 10.2. The number of imide groups is 1. The fourth-order valence-electron chi connectivity index (χ4n) is 5.43. The van der Waals surface area contributed by atoms with Gasteiger partial charge >= 0.3 is 5.97 Å². The Morgan fingerprint density at radius 2 is 1.62 bits per heavy atom. The smallest absolute Gasteiger partial charge is 0.343 e. The van der Waals surface area contributed by atoms with Crippen molar-refractivity contribution in [1.29, 1.82) is 0 Å². The van der Waals surface area contributed by atoms with E-state index in [2.05, 4.69) is 0 Å². The molecule has 1 aliphatic heterocycles. The van der Waals surface area contributed by atoms with Crippen LogP contribution in [0.15, 0.2) is 42.5 Å². The predicted octanol–water partition coefficient (Wildman–Crippen LogP) is 4.06. The third-order valence-corrected chi connectivity index (χ3v) is 7.03. The van der Waals surface area contributed by atoms with Gasteiger partial charge in [0.1, 0.15) is 5.75 Å². The minimum absolute atomic E-state index is 0.104. The average molecular weight is 389 g/mol. The lowest BCUT2D eigenvalue weighted by Gasteiger charge is -2.19. The van der Waals surface area contributed by atoms with Crippen molar-refractivity contribution in [3.05, 3.63) is 59.2 Å². The molecule has 4 atom stereocenters. The fourth-order valence-corrected chi connectivity index (χ4v) is 5.43. The first kappa shape index (κ1) is 18.1. The highest BCUT2D eigenvalue weighted by atomic mass is 16.5. The number of nitrogens with zero attached hydrogens (tertiary/aromatic N) is 1. The maximum atomic E-state index is 13.0. The van der Waals surface area contributed by atoms with E-state index in [0.29, 0.717) is 28.8 Å². The molecule has 1 heterocycles. The number of rotatable bonds is 3. The molecule has 2 bridgehead atoms. The number of anilines is 1. The van der Waals surface area contributed by atoms with Gasteiger partial charge in [-0.25, -0.2) is 4.79 Å². The summed E-state index contributed by atoms with van der Waals surface area (Å²) >= 11 is 0. The van der Waals surface area contributed by atoms with Gasteiger partial charge in [-0.1, -0.05) is 18.2 Å². The number of hydrogen-bond donors (Lipinski definition) is 0. The number of esters is 1. The van der Waals surface area contributed by atoms with Crippen molar-refractivity contribution in [3.63, 3.8) is 0 Å². The molecule has 0 unspecified atom stereocenters. The van der Waals surface area contributed by atoms with Crippen molar-refractivity contribution < 1.29 is 19.1 Å². The minimum Gasteiger partial charge on any atom is -0.423 e. The van der Waals surface area contributed by atoms with Gasteiger partial charge in [0.15, 0.2) is 0 Å². The summed E-state index contributed by atoms with van der Waals surface area (Å²) in [5.41, 5.74) is 2.73. The predicted molar refractivity (Wildman–Crippen MR) is 108 cm³/mol. The third kappa shape index (κ3) is 2.71. The van der Waals surface area contributed by atoms with Gasteiger partial charge in [0.25, 0.3) is 0 Å². The van der Waals surface area contributed by atoms with Gasteiger partial charge in [0.2, 0.25) is 11.8 Å². The number of carbonyl (C=O) groups is 3. The quantitative estimate of drug-likeness (QED) is 0.451. The van der Waals surface area contributed by atoms with Crippen molar-refractivity contribution >= 4 is 23.5 Å². The van der Waals surface area contributed by atoms with E-state index in [1.165, 1.54) is 4.90 Å². The molecule has 0 radical (unpaired) electrons. The Labute approximate surface area is 169 Å². The molecule has 29 heavy (non-hydrogen) atoms. The summed E-state index contributed by atoms with van der Waals surface area (Å²) in [6.07, 6.45) is 3.09. The SMILES string of the molecule is Cc1cccc(OC(=O)c2cccc(N3C(=O)[C@@H]4[C@@H]5CC[C@@H](C5)[C@@H]4C3=O)c2)c1C. The summed E-state index contributed by atoms with van der Waals surface area (Å²) in [4.78, 5) is 40.1. The zero-order chi connectivity index (χ0) is 20.3. The molecule has 3 fully saturated rings. The minimum atomic E-state index is -0.500. The van der Waals surface area contributed by atoms with Crippen LogP contribution < -0.4 is 9.64 Å². The maximum Gasteiger partial charge on any atom is 0.343 e. The van der Waals surface area contributed by atoms with Crippen molar-refractivity contribution in [2.75, 3.05) is 4.90 Å². The lowest BCUT2D eigenvalue weighted by molar-refractivity contribution is -0.123. The summed E-state index contributed by atoms with van der Waals surface area (Å²) < 4.78 is 5.57. The molecule has 5 heteroatoms. The number of benzene rings is 2. The van der Waals surface area contributed by atoms with Crippen LogP contribution in [0.1, 0.15) is 40.7 Å². The second-order valence-electron chi connectivity index (χ2n) is 8.53. The molecule has 0 spiro atoms. The van der Waals surface area contributed by atoms with E-state index in [0.717, 1.165) is 30.4 Å². The Bertz CT molecular complexity index is 1010. The Hall–Kier alpha value is -2.95. The molecule has 2 aliphatic carbocycles. The molecule has 2 aromatic carbocycles. The number of aryl methyl sites for hydroxylation is 1. The van der Waals surface area contributed by atoms with E-state index in [-0.39, 0.29) is 23.7 Å². The fraction of sp³-hybridized carbons (Fsp3) is 0.375. The Morgan fingerprint density at radius 1 is 0.966 bits per heavy atom. The third-order valence-electron chi connectivity index (χ3n) is 7.03. The number of ether oxygens (including phenoxy) is 1. The summed E-state index contributed by atoms with van der Waals surface area (Å²) in [5.74, 6) is 0.130. The summed E-state index contributed by atoms with van der Waals surface area (Å²) in [6.45, 7) is 3.87. The number of fused-ring (bicyclic) bond motifs is 5. The van der Waals surface area contributed by atoms with E-state index in [1.54, 1.807) is 30.3 Å². The van der Waals surface area contributed by atoms with Crippen molar-refractivity contribution in [3.8, 4) is 5.75 Å². The van der Waals surface area contributed by atoms with Gasteiger partial charge in [-0.3, -0.25) is 14.5 Å². The Kier molecular flexibility index (Phi) is 4.09. The lowest BCUT2D eigenvalue weighted by Crippen LogP contribution is -2.32. The molecule has 3 aliphatic rings. The van der Waals surface area contributed by atoms with E-state index in [9.17, 15) is 14.4 Å². The molecule has 5 nitrogen and oxygen atoms in total. The number of hydrogen-bond acceptors (Lipinski definition) is 4. The monoisotopic (exact) mass is 389 g/mol. The van der Waals surface area contributed by atoms with E-state index in [4.69, 9.17) is 4.74 Å². The van der Waals surface area contributed by atoms with Gasteiger partial charge in [-0.15, -0.1) is 0 Å². The highest BCUT2D eigenvalue weighted by Gasteiger charge is 2.61. The van der Waals surface area contributed by atoms with Gasteiger partial charge in [0.05, 0.1) is 23.1 Å². The molecule has 1 saturated heterocycles. The molecule has 0 N–H and O–H groups in total. The first-order chi connectivity index (χ1) is 14.0. The normalized spacial score (nSPS) is 27.4. The van der Waals surface area contributed by atoms with Crippen molar-refractivity contribution in [2.45, 2.75) is 33.1 Å². The highest BCUT2D eigenvalue weighted by Crippen LogP contribution is 2.56. The molecular weight excluding hydrogens is 366 g/mol. The zero-order valence-electron chi connectivity index (χ0n) is 16.6. The van der Waals surface area contributed by atoms with E-state index >= 15 is 0 Å². The maximum absolute atomic E-state index is 13.0. The summed E-state index contributed by atoms with van der Waals surface area (Å²) in [6, 6.07) is 12.2. The van der Waals surface area contributed by atoms with Crippen molar-refractivity contribution in [1.82, 2.24) is 0 Å². The Morgan fingerprint density at radius 3 is 2.31 bits per heavy atom. The molecule has 2 saturated carbocycles. The highest BCUT2D eigenvalue weighted by molar-refractivity contribution is 6.22. The average Bonchev–Trinajstić information content (AvgIpc) is 3.39. The Balaban J connectivity index is 1.42. The number of amides is 2. The molecule has 2 amide bonds. The van der Waals surface area contributed by atoms with Gasteiger partial charge in [-0.2, -0.15) is 0 Å². The van der Waals surface area contributed by atoms with Crippen LogP contribution >= 0.6 is 0 Å². The topological polar surface area (TPSA) is 63.7 Å². The van der Waals surface area contributed by atoms with Gasteiger partial charge < -0.3 is 4.74 Å². The second-order valence-corrected chi connectivity index (χ2v) is 8.53. The van der Waals surface area contributed by atoms with E-state index < -0.39 is 5.97 Å². The lowest BCUT2D eigenvalue weighted by atomic mass is 9.81. The van der Waals surface area contributed by atoms with Crippen LogP contribution in [0.5, 0.6) is 5.75 Å². The van der Waals surface area contributed by atoms with Crippen LogP contribution in [-0.4, -0.2) is 17.8 Å². The number of carbonyl (C=O) groups excluding carboxylic acids is 3. The molecule has 148 valence electrons.